The fourth-order valence-electron chi connectivity index (χ4n) is 2.99. The van der Waals surface area contributed by atoms with E-state index in [-0.39, 0.29) is 6.04 Å². The highest BCUT2D eigenvalue weighted by molar-refractivity contribution is 5.54. The molecule has 0 bridgehead atoms. The van der Waals surface area contributed by atoms with Gasteiger partial charge in [-0.2, -0.15) is 0 Å². The first-order chi connectivity index (χ1) is 10.1. The van der Waals surface area contributed by atoms with Crippen LogP contribution >= 0.6 is 0 Å². The summed E-state index contributed by atoms with van der Waals surface area (Å²) in [6, 6.07) is 15.9. The molecule has 1 aliphatic heterocycles. The molecule has 1 aliphatic rings. The molecule has 2 N–H and O–H groups in total. The lowest BCUT2D eigenvalue weighted by atomic mass is 9.82. The van der Waals surface area contributed by atoms with E-state index in [9.17, 15) is 5.11 Å². The topological polar surface area (TPSA) is 41.5 Å². The highest BCUT2D eigenvalue weighted by atomic mass is 16.5. The Bertz CT molecular complexity index is 619. The molecule has 2 atom stereocenters. The summed E-state index contributed by atoms with van der Waals surface area (Å²) < 4.78 is 5.18. The van der Waals surface area contributed by atoms with Crippen molar-refractivity contribution in [1.29, 1.82) is 0 Å². The van der Waals surface area contributed by atoms with Gasteiger partial charge in [0, 0.05) is 5.69 Å². The Morgan fingerprint density at radius 3 is 2.57 bits per heavy atom. The van der Waals surface area contributed by atoms with Gasteiger partial charge in [-0.15, -0.1) is 0 Å². The molecule has 2 unspecified atom stereocenters. The summed E-state index contributed by atoms with van der Waals surface area (Å²) >= 11 is 0. The quantitative estimate of drug-likeness (QED) is 0.908. The number of fused-ring (bicyclic) bond motifs is 1. The van der Waals surface area contributed by atoms with E-state index in [2.05, 4.69) is 23.5 Å². The van der Waals surface area contributed by atoms with Gasteiger partial charge in [0.05, 0.1) is 13.2 Å². The Labute approximate surface area is 125 Å². The van der Waals surface area contributed by atoms with Crippen LogP contribution in [0, 0.1) is 0 Å². The number of rotatable bonds is 3. The van der Waals surface area contributed by atoms with Crippen molar-refractivity contribution in [1.82, 2.24) is 0 Å². The number of methoxy groups -OCH3 is 1. The molecular formula is C18H21NO2. The average molecular weight is 283 g/mol. The molecule has 110 valence electrons. The number of hydrogen-bond donors (Lipinski definition) is 2. The first kappa shape index (κ1) is 14.0. The lowest BCUT2D eigenvalue weighted by Crippen LogP contribution is -2.44. The lowest BCUT2D eigenvalue weighted by Gasteiger charge is -2.38. The van der Waals surface area contributed by atoms with Crippen LogP contribution < -0.4 is 10.1 Å². The Morgan fingerprint density at radius 2 is 1.86 bits per heavy atom. The van der Waals surface area contributed by atoms with Crippen molar-refractivity contribution in [2.75, 3.05) is 12.4 Å². The molecule has 0 spiro atoms. The number of ether oxygens (including phenoxy) is 1. The third-order valence-corrected chi connectivity index (χ3v) is 4.40. The van der Waals surface area contributed by atoms with Crippen LogP contribution in [0.2, 0.25) is 0 Å². The zero-order valence-electron chi connectivity index (χ0n) is 12.5. The molecule has 2 aromatic carbocycles. The maximum absolute atomic E-state index is 11.0. The highest BCUT2D eigenvalue weighted by Crippen LogP contribution is 2.35. The maximum Gasteiger partial charge on any atom is 0.118 e. The Hall–Kier alpha value is -2.00. The van der Waals surface area contributed by atoms with Crippen LogP contribution in [0.25, 0.3) is 0 Å². The van der Waals surface area contributed by atoms with Gasteiger partial charge in [0.1, 0.15) is 11.4 Å². The lowest BCUT2D eigenvalue weighted by molar-refractivity contribution is 0.0322. The zero-order valence-corrected chi connectivity index (χ0v) is 12.5. The largest absolute Gasteiger partial charge is 0.497 e. The van der Waals surface area contributed by atoms with Crippen LogP contribution in [0.4, 0.5) is 5.69 Å². The fraction of sp³-hybridized carbons (Fsp3) is 0.333. The predicted octanol–water partition coefficient (Wildman–Crippen LogP) is 3.33. The Kier molecular flexibility index (Phi) is 3.60. The van der Waals surface area contributed by atoms with Crippen molar-refractivity contribution >= 4 is 5.69 Å². The zero-order chi connectivity index (χ0) is 14.9. The Balaban J connectivity index is 1.85. The predicted molar refractivity (Wildman–Crippen MR) is 84.7 cm³/mol. The van der Waals surface area contributed by atoms with Crippen molar-refractivity contribution in [3.05, 3.63) is 59.7 Å². The number of aliphatic hydroxyl groups is 1. The molecule has 0 saturated heterocycles. The second-order valence-corrected chi connectivity index (χ2v) is 5.77. The smallest absolute Gasteiger partial charge is 0.118 e. The van der Waals surface area contributed by atoms with Gasteiger partial charge in [0.2, 0.25) is 0 Å². The molecule has 0 aliphatic carbocycles. The van der Waals surface area contributed by atoms with Gasteiger partial charge in [-0.1, -0.05) is 30.3 Å². The minimum Gasteiger partial charge on any atom is -0.497 e. The number of anilines is 1. The molecule has 0 aromatic heterocycles. The van der Waals surface area contributed by atoms with E-state index in [0.717, 1.165) is 29.8 Å². The van der Waals surface area contributed by atoms with Crippen molar-refractivity contribution in [2.24, 2.45) is 0 Å². The van der Waals surface area contributed by atoms with E-state index in [4.69, 9.17) is 4.74 Å². The second kappa shape index (κ2) is 5.41. The van der Waals surface area contributed by atoms with Crippen LogP contribution in [-0.2, 0) is 12.0 Å². The third-order valence-electron chi connectivity index (χ3n) is 4.40. The SMILES string of the molecule is COc1ccc(C(C)(O)C2CCc3ccccc3N2)cc1. The first-order valence-electron chi connectivity index (χ1n) is 7.32. The Morgan fingerprint density at radius 1 is 1.14 bits per heavy atom. The van der Waals surface area contributed by atoms with Crippen molar-refractivity contribution in [3.8, 4) is 5.75 Å². The van der Waals surface area contributed by atoms with Crippen LogP contribution in [0.1, 0.15) is 24.5 Å². The molecule has 0 fully saturated rings. The first-order valence-corrected chi connectivity index (χ1v) is 7.32. The summed E-state index contributed by atoms with van der Waals surface area (Å²) in [6.45, 7) is 1.88. The van der Waals surface area contributed by atoms with Gasteiger partial charge in [-0.05, 0) is 49.1 Å². The van der Waals surface area contributed by atoms with E-state index in [0.29, 0.717) is 0 Å². The monoisotopic (exact) mass is 283 g/mol. The van der Waals surface area contributed by atoms with Crippen LogP contribution in [-0.4, -0.2) is 18.3 Å². The number of hydrogen-bond acceptors (Lipinski definition) is 3. The number of nitrogens with one attached hydrogen (secondary N) is 1. The van der Waals surface area contributed by atoms with Gasteiger partial charge < -0.3 is 15.2 Å². The van der Waals surface area contributed by atoms with Crippen LogP contribution in [0.5, 0.6) is 5.75 Å². The molecular weight excluding hydrogens is 262 g/mol. The molecule has 21 heavy (non-hydrogen) atoms. The fourth-order valence-corrected chi connectivity index (χ4v) is 2.99. The molecule has 0 radical (unpaired) electrons. The van der Waals surface area contributed by atoms with Crippen molar-refractivity contribution < 1.29 is 9.84 Å². The minimum atomic E-state index is -0.917. The van der Waals surface area contributed by atoms with E-state index in [1.54, 1.807) is 7.11 Å². The van der Waals surface area contributed by atoms with Gasteiger partial charge in [0.15, 0.2) is 0 Å². The molecule has 2 aromatic rings. The summed E-state index contributed by atoms with van der Waals surface area (Å²) in [5, 5.41) is 14.5. The van der Waals surface area contributed by atoms with E-state index in [1.165, 1.54) is 5.56 Å². The van der Waals surface area contributed by atoms with Crippen molar-refractivity contribution in [2.45, 2.75) is 31.4 Å². The number of aryl methyl sites for hydroxylation is 1. The molecule has 0 saturated carbocycles. The molecule has 0 amide bonds. The van der Waals surface area contributed by atoms with Gasteiger partial charge >= 0.3 is 0 Å². The number of para-hydroxylation sites is 1. The van der Waals surface area contributed by atoms with E-state index < -0.39 is 5.60 Å². The average Bonchev–Trinajstić information content (AvgIpc) is 2.54. The van der Waals surface area contributed by atoms with Gasteiger partial charge in [-0.25, -0.2) is 0 Å². The van der Waals surface area contributed by atoms with Crippen LogP contribution in [0.15, 0.2) is 48.5 Å². The van der Waals surface area contributed by atoms with E-state index >= 15 is 0 Å². The van der Waals surface area contributed by atoms with Gasteiger partial charge in [0.25, 0.3) is 0 Å². The second-order valence-electron chi connectivity index (χ2n) is 5.77. The third kappa shape index (κ3) is 2.61. The molecule has 3 nitrogen and oxygen atoms in total. The maximum atomic E-state index is 11.0. The normalized spacial score (nSPS) is 20.0. The summed E-state index contributed by atoms with van der Waals surface area (Å²) in [7, 11) is 1.65. The summed E-state index contributed by atoms with van der Waals surface area (Å²) in [4.78, 5) is 0. The van der Waals surface area contributed by atoms with E-state index in [1.807, 2.05) is 37.3 Å². The summed E-state index contributed by atoms with van der Waals surface area (Å²) in [5.74, 6) is 0.802. The molecule has 3 heteroatoms. The standard InChI is InChI=1S/C18H21NO2/c1-18(20,14-8-10-15(21-2)11-9-14)17-12-7-13-5-3-4-6-16(13)19-17/h3-6,8-11,17,19-20H,7,12H2,1-2H3. The van der Waals surface area contributed by atoms with Crippen molar-refractivity contribution in [3.63, 3.8) is 0 Å². The number of benzene rings is 2. The summed E-state index contributed by atoms with van der Waals surface area (Å²) in [5.41, 5.74) is 2.43. The summed E-state index contributed by atoms with van der Waals surface area (Å²) in [6.07, 6.45) is 1.90. The van der Waals surface area contributed by atoms with Crippen LogP contribution in [0.3, 0.4) is 0 Å². The highest BCUT2D eigenvalue weighted by Gasteiger charge is 2.35. The molecule has 1 heterocycles. The minimum absolute atomic E-state index is 0.000736. The molecule has 3 rings (SSSR count). The van der Waals surface area contributed by atoms with Gasteiger partial charge in [-0.3, -0.25) is 0 Å².